The number of hydrogen-bond donors (Lipinski definition) is 0. The van der Waals surface area contributed by atoms with Crippen LogP contribution in [0.15, 0.2) is 35.5 Å². The molecule has 1 saturated carbocycles. The summed E-state index contributed by atoms with van der Waals surface area (Å²) in [6.45, 7) is 2.24. The minimum atomic E-state index is 1.04. The van der Waals surface area contributed by atoms with Gasteiger partial charge in [-0.25, -0.2) is 0 Å². The van der Waals surface area contributed by atoms with E-state index in [1.807, 2.05) is 12.3 Å². The Morgan fingerprint density at radius 1 is 1.38 bits per heavy atom. The maximum atomic E-state index is 4.33. The van der Waals surface area contributed by atoms with Gasteiger partial charge in [0.15, 0.2) is 0 Å². The second-order valence-electron chi connectivity index (χ2n) is 3.74. The molecular weight excluding hydrogens is 158 g/mol. The molecule has 1 nitrogen and oxygen atoms in total. The van der Waals surface area contributed by atoms with Crippen LogP contribution in [-0.4, -0.2) is 4.98 Å². The van der Waals surface area contributed by atoms with Gasteiger partial charge in [-0.1, -0.05) is 17.2 Å². The van der Waals surface area contributed by atoms with E-state index in [1.165, 1.54) is 30.5 Å². The highest BCUT2D eigenvalue weighted by Crippen LogP contribution is 2.29. The summed E-state index contributed by atoms with van der Waals surface area (Å²) in [6, 6.07) is 6.12. The molecule has 1 heterocycles. The average Bonchev–Trinajstić information content (AvgIpc) is 2.02. The fourth-order valence-electron chi connectivity index (χ4n) is 1.68. The summed E-state index contributed by atoms with van der Waals surface area (Å²) < 4.78 is 0. The van der Waals surface area contributed by atoms with Crippen molar-refractivity contribution in [1.82, 2.24) is 4.98 Å². The van der Waals surface area contributed by atoms with Crippen LogP contribution in [0.3, 0.4) is 0 Å². The largest absolute Gasteiger partial charge is 0.261 e. The van der Waals surface area contributed by atoms with Crippen molar-refractivity contribution in [3.63, 3.8) is 0 Å². The van der Waals surface area contributed by atoms with Gasteiger partial charge in [0, 0.05) is 18.3 Å². The van der Waals surface area contributed by atoms with Gasteiger partial charge in [-0.15, -0.1) is 0 Å². The van der Waals surface area contributed by atoms with E-state index in [1.54, 1.807) is 5.57 Å². The quantitative estimate of drug-likeness (QED) is 0.626. The molecule has 13 heavy (non-hydrogen) atoms. The van der Waals surface area contributed by atoms with Crippen LogP contribution in [0, 0.1) is 0 Å². The number of hydrogen-bond acceptors (Lipinski definition) is 1. The second kappa shape index (κ2) is 3.73. The molecule has 0 unspecified atom stereocenters. The third-order valence-corrected chi connectivity index (χ3v) is 2.73. The predicted octanol–water partition coefficient (Wildman–Crippen LogP) is 3.12. The Morgan fingerprint density at radius 2 is 2.23 bits per heavy atom. The van der Waals surface area contributed by atoms with Gasteiger partial charge in [-0.2, -0.15) is 0 Å². The summed E-state index contributed by atoms with van der Waals surface area (Å²) in [5.74, 6) is 0. The zero-order valence-electron chi connectivity index (χ0n) is 8.09. The third kappa shape index (κ3) is 1.97. The summed E-state index contributed by atoms with van der Waals surface area (Å²) in [7, 11) is 0. The fraction of sp³-hybridized carbons (Fsp3) is 0.417. The molecule has 1 aromatic rings. The molecule has 68 valence electrons. The van der Waals surface area contributed by atoms with Gasteiger partial charge in [0.1, 0.15) is 0 Å². The predicted molar refractivity (Wildman–Crippen MR) is 54.5 cm³/mol. The Labute approximate surface area is 79.5 Å². The van der Waals surface area contributed by atoms with E-state index in [-0.39, 0.29) is 0 Å². The van der Waals surface area contributed by atoms with E-state index in [4.69, 9.17) is 0 Å². The van der Waals surface area contributed by atoms with Crippen molar-refractivity contribution in [3.8, 4) is 0 Å². The van der Waals surface area contributed by atoms with E-state index in [9.17, 15) is 0 Å². The summed E-state index contributed by atoms with van der Waals surface area (Å²) in [5, 5.41) is 0. The lowest BCUT2D eigenvalue weighted by atomic mass is 9.87. The van der Waals surface area contributed by atoms with Crippen molar-refractivity contribution >= 4 is 0 Å². The Morgan fingerprint density at radius 3 is 2.77 bits per heavy atom. The summed E-state index contributed by atoms with van der Waals surface area (Å²) in [5.41, 5.74) is 4.38. The van der Waals surface area contributed by atoms with Crippen molar-refractivity contribution in [3.05, 3.63) is 41.2 Å². The zero-order valence-corrected chi connectivity index (χ0v) is 8.09. The van der Waals surface area contributed by atoms with Crippen molar-refractivity contribution in [2.45, 2.75) is 32.6 Å². The number of pyridine rings is 1. The lowest BCUT2D eigenvalue weighted by molar-refractivity contribution is 0.645. The molecule has 1 heteroatoms. The van der Waals surface area contributed by atoms with Gasteiger partial charge in [0.25, 0.3) is 0 Å². The van der Waals surface area contributed by atoms with Gasteiger partial charge in [0.2, 0.25) is 0 Å². The molecule has 1 aromatic heterocycles. The van der Waals surface area contributed by atoms with Crippen LogP contribution in [0.1, 0.15) is 31.9 Å². The van der Waals surface area contributed by atoms with Crippen LogP contribution in [0.4, 0.5) is 0 Å². The van der Waals surface area contributed by atoms with Crippen LogP contribution in [0.5, 0.6) is 0 Å². The van der Waals surface area contributed by atoms with Gasteiger partial charge < -0.3 is 0 Å². The molecule has 1 aliphatic carbocycles. The van der Waals surface area contributed by atoms with Gasteiger partial charge in [-0.3, -0.25) is 4.98 Å². The summed E-state index contributed by atoms with van der Waals surface area (Å²) in [6.07, 6.45) is 6.93. The fourth-order valence-corrected chi connectivity index (χ4v) is 1.68. The molecule has 0 amide bonds. The topological polar surface area (TPSA) is 12.9 Å². The van der Waals surface area contributed by atoms with Gasteiger partial charge >= 0.3 is 0 Å². The van der Waals surface area contributed by atoms with E-state index in [0.29, 0.717) is 0 Å². The Bertz CT molecular complexity index is 305. The van der Waals surface area contributed by atoms with Gasteiger partial charge in [0.05, 0.1) is 0 Å². The Balaban J connectivity index is 2.06. The van der Waals surface area contributed by atoms with E-state index in [2.05, 4.69) is 24.0 Å². The molecule has 0 radical (unpaired) electrons. The van der Waals surface area contributed by atoms with Crippen molar-refractivity contribution in [2.24, 2.45) is 0 Å². The smallest absolute Gasteiger partial charge is 0.0444 e. The first-order chi connectivity index (χ1) is 6.36. The first-order valence-corrected chi connectivity index (χ1v) is 4.93. The first kappa shape index (κ1) is 8.49. The number of aromatic nitrogens is 1. The molecule has 1 aliphatic rings. The molecule has 0 saturated heterocycles. The molecule has 0 atom stereocenters. The highest BCUT2D eigenvalue weighted by Gasteiger charge is 2.11. The minimum absolute atomic E-state index is 1.04. The molecule has 0 spiro atoms. The van der Waals surface area contributed by atoms with Crippen molar-refractivity contribution in [2.75, 3.05) is 0 Å². The normalized spacial score (nSPS) is 15.3. The average molecular weight is 173 g/mol. The van der Waals surface area contributed by atoms with Crippen molar-refractivity contribution in [1.29, 1.82) is 0 Å². The number of allylic oxidation sites excluding steroid dienone is 2. The number of rotatable bonds is 2. The van der Waals surface area contributed by atoms with E-state index in [0.717, 1.165) is 6.42 Å². The van der Waals surface area contributed by atoms with E-state index >= 15 is 0 Å². The molecular formula is C12H15N. The maximum absolute atomic E-state index is 4.33. The molecule has 0 N–H and O–H groups in total. The minimum Gasteiger partial charge on any atom is -0.261 e. The summed E-state index contributed by atoms with van der Waals surface area (Å²) in [4.78, 5) is 4.33. The van der Waals surface area contributed by atoms with Crippen LogP contribution in [0.2, 0.25) is 0 Å². The lowest BCUT2D eigenvalue weighted by Crippen LogP contribution is -2.02. The standard InChI is InChI=1S/C12H15N/c1-10(11-5-4-6-11)9-12-7-2-3-8-13-12/h2-3,7-8H,4-6,9H2,1H3. The van der Waals surface area contributed by atoms with Crippen LogP contribution >= 0.6 is 0 Å². The summed E-state index contributed by atoms with van der Waals surface area (Å²) >= 11 is 0. The van der Waals surface area contributed by atoms with Gasteiger partial charge in [-0.05, 0) is 38.3 Å². The molecule has 0 aliphatic heterocycles. The zero-order chi connectivity index (χ0) is 9.10. The highest BCUT2D eigenvalue weighted by atomic mass is 14.7. The highest BCUT2D eigenvalue weighted by molar-refractivity contribution is 5.22. The van der Waals surface area contributed by atoms with Crippen LogP contribution < -0.4 is 0 Å². The first-order valence-electron chi connectivity index (χ1n) is 4.93. The SMILES string of the molecule is CC(Cc1ccccn1)=C1CCC1. The van der Waals surface area contributed by atoms with Crippen LogP contribution in [0.25, 0.3) is 0 Å². The second-order valence-corrected chi connectivity index (χ2v) is 3.74. The van der Waals surface area contributed by atoms with Crippen molar-refractivity contribution < 1.29 is 0 Å². The Hall–Kier alpha value is -1.11. The maximum Gasteiger partial charge on any atom is 0.0444 e. The van der Waals surface area contributed by atoms with E-state index < -0.39 is 0 Å². The lowest BCUT2D eigenvalue weighted by Gasteiger charge is -2.19. The third-order valence-electron chi connectivity index (χ3n) is 2.73. The van der Waals surface area contributed by atoms with Crippen LogP contribution in [-0.2, 0) is 6.42 Å². The molecule has 0 aromatic carbocycles. The Kier molecular flexibility index (Phi) is 2.44. The number of nitrogens with zero attached hydrogens (tertiary/aromatic N) is 1. The molecule has 1 fully saturated rings. The molecule has 2 rings (SSSR count). The monoisotopic (exact) mass is 173 g/mol. The molecule has 0 bridgehead atoms.